The minimum Gasteiger partial charge on any atom is -0.444 e. The van der Waals surface area contributed by atoms with E-state index in [1.165, 1.54) is 11.9 Å². The summed E-state index contributed by atoms with van der Waals surface area (Å²) in [5, 5.41) is 0. The predicted molar refractivity (Wildman–Crippen MR) is 98.2 cm³/mol. The average Bonchev–Trinajstić information content (AvgIpc) is 3.08. The van der Waals surface area contributed by atoms with Gasteiger partial charge in [0.25, 0.3) is 0 Å². The van der Waals surface area contributed by atoms with Crippen molar-refractivity contribution in [2.75, 3.05) is 13.1 Å². The maximum atomic E-state index is 11.6. The number of hydrogen-bond donors (Lipinski definition) is 0. The van der Waals surface area contributed by atoms with E-state index in [2.05, 4.69) is 41.6 Å². The highest BCUT2D eigenvalue weighted by Crippen LogP contribution is 2.79. The Morgan fingerprint density at radius 3 is 2.26 bits per heavy atom. The molecule has 0 aromatic rings. The minimum absolute atomic E-state index is 0.207. The van der Waals surface area contributed by atoms with Gasteiger partial charge < -0.3 is 9.64 Å². The van der Waals surface area contributed by atoms with E-state index in [0.29, 0.717) is 12.0 Å². The summed E-state index contributed by atoms with van der Waals surface area (Å²) in [6.45, 7) is 16.8. The second-order valence-electron chi connectivity index (χ2n) is 9.47. The Bertz CT molecular complexity index is 506. The normalized spacial score (nSPS) is 34.2. The number of hydrogen-bond acceptors (Lipinski definition) is 2. The van der Waals surface area contributed by atoms with E-state index in [1.54, 1.807) is 4.90 Å². The number of ether oxygens (including phenoxy) is 1. The van der Waals surface area contributed by atoms with Crippen molar-refractivity contribution >= 4 is 13.9 Å². The molecule has 2 saturated carbocycles. The zero-order valence-corrected chi connectivity index (χ0v) is 16.3. The van der Waals surface area contributed by atoms with Crippen LogP contribution in [0.4, 0.5) is 4.79 Å². The standard InChI is InChI=1S/C10H18BNO2.C9H16/c1-10(2,3)14-9(13)12-6-4-8(11)5-7-12;1-6-7-5-9(7,4)8(6,2)3/h4H,5-7,11H2,1-3H3;6-7H,5H2,1-4H3. The van der Waals surface area contributed by atoms with Crippen molar-refractivity contribution in [3.8, 4) is 0 Å². The summed E-state index contributed by atoms with van der Waals surface area (Å²) in [5.74, 6) is 2.08. The maximum absolute atomic E-state index is 11.6. The van der Waals surface area contributed by atoms with Crippen LogP contribution in [0.15, 0.2) is 11.5 Å². The Balaban J connectivity index is 0.000000182. The second kappa shape index (κ2) is 5.86. The molecule has 0 N–H and O–H groups in total. The molecule has 130 valence electrons. The van der Waals surface area contributed by atoms with Crippen LogP contribution >= 0.6 is 0 Å². The largest absolute Gasteiger partial charge is 0.444 e. The van der Waals surface area contributed by atoms with Gasteiger partial charge in [-0.3, -0.25) is 0 Å². The maximum Gasteiger partial charge on any atom is 0.410 e. The Morgan fingerprint density at radius 2 is 1.96 bits per heavy atom. The molecule has 0 spiro atoms. The van der Waals surface area contributed by atoms with E-state index in [9.17, 15) is 4.79 Å². The number of amides is 1. The molecule has 0 saturated heterocycles. The first-order valence-corrected chi connectivity index (χ1v) is 9.02. The lowest BCUT2D eigenvalue weighted by molar-refractivity contribution is -0.00718. The van der Waals surface area contributed by atoms with Crippen molar-refractivity contribution in [2.24, 2.45) is 22.7 Å². The first kappa shape index (κ1) is 18.4. The molecule has 3 unspecified atom stereocenters. The predicted octanol–water partition coefficient (Wildman–Crippen LogP) is 3.83. The average molecular weight is 319 g/mol. The number of nitrogens with zero attached hydrogens (tertiary/aromatic N) is 1. The van der Waals surface area contributed by atoms with E-state index in [0.717, 1.165) is 30.2 Å². The Hall–Kier alpha value is -0.925. The van der Waals surface area contributed by atoms with Gasteiger partial charge in [0.1, 0.15) is 13.4 Å². The van der Waals surface area contributed by atoms with E-state index < -0.39 is 5.60 Å². The SMILES string of the molecule is BC1=CCN(C(=O)OC(C)(C)C)CC1.CC1C2CC2(C)C1(C)C. The summed E-state index contributed by atoms with van der Waals surface area (Å²) >= 11 is 0. The monoisotopic (exact) mass is 319 g/mol. The third kappa shape index (κ3) is 3.61. The smallest absolute Gasteiger partial charge is 0.410 e. The van der Waals surface area contributed by atoms with Crippen molar-refractivity contribution in [2.45, 2.75) is 66.9 Å². The van der Waals surface area contributed by atoms with Crippen molar-refractivity contribution in [1.82, 2.24) is 4.90 Å². The van der Waals surface area contributed by atoms with Crippen molar-refractivity contribution < 1.29 is 9.53 Å². The highest BCUT2D eigenvalue weighted by Gasteiger charge is 2.73. The number of fused-ring (bicyclic) bond motifs is 1. The molecule has 0 aromatic heterocycles. The van der Waals surface area contributed by atoms with Crippen LogP contribution < -0.4 is 0 Å². The van der Waals surface area contributed by atoms with Crippen molar-refractivity contribution in [3.05, 3.63) is 11.5 Å². The van der Waals surface area contributed by atoms with E-state index in [1.807, 2.05) is 20.8 Å². The fourth-order valence-electron chi connectivity index (χ4n) is 4.06. The molecule has 4 heteroatoms. The third-order valence-corrected chi connectivity index (χ3v) is 6.60. The topological polar surface area (TPSA) is 29.5 Å². The van der Waals surface area contributed by atoms with Gasteiger partial charge >= 0.3 is 6.09 Å². The summed E-state index contributed by atoms with van der Waals surface area (Å²) in [4.78, 5) is 13.3. The summed E-state index contributed by atoms with van der Waals surface area (Å²) in [6, 6.07) is 0. The lowest BCUT2D eigenvalue weighted by atomic mass is 9.56. The van der Waals surface area contributed by atoms with Gasteiger partial charge in [-0.2, -0.15) is 0 Å². The molecule has 3 nitrogen and oxygen atoms in total. The minimum atomic E-state index is -0.396. The van der Waals surface area contributed by atoms with Gasteiger partial charge in [-0.25, -0.2) is 4.79 Å². The highest BCUT2D eigenvalue weighted by molar-refractivity contribution is 6.21. The van der Waals surface area contributed by atoms with Crippen LogP contribution in [-0.4, -0.2) is 37.5 Å². The molecule has 23 heavy (non-hydrogen) atoms. The molecule has 0 radical (unpaired) electrons. The van der Waals surface area contributed by atoms with Gasteiger partial charge in [-0.1, -0.05) is 33.8 Å². The lowest BCUT2D eigenvalue weighted by Gasteiger charge is -2.49. The molecule has 1 heterocycles. The van der Waals surface area contributed by atoms with Gasteiger partial charge in [0.2, 0.25) is 0 Å². The quantitative estimate of drug-likeness (QED) is 0.635. The van der Waals surface area contributed by atoms with Gasteiger partial charge in [-0.15, -0.1) is 5.47 Å². The number of carbonyl (C=O) groups excluding carboxylic acids is 1. The molecule has 0 bridgehead atoms. The molecule has 3 atom stereocenters. The van der Waals surface area contributed by atoms with Crippen LogP contribution in [0.5, 0.6) is 0 Å². The van der Waals surface area contributed by atoms with Crippen LogP contribution in [0.2, 0.25) is 0 Å². The first-order chi connectivity index (χ1) is 10.4. The fourth-order valence-corrected chi connectivity index (χ4v) is 4.06. The van der Waals surface area contributed by atoms with Gasteiger partial charge in [0, 0.05) is 13.1 Å². The number of carbonyl (C=O) groups is 1. The first-order valence-electron chi connectivity index (χ1n) is 9.02. The van der Waals surface area contributed by atoms with Crippen LogP contribution in [0.3, 0.4) is 0 Å². The molecule has 1 aliphatic heterocycles. The summed E-state index contributed by atoms with van der Waals surface area (Å²) in [7, 11) is 2.09. The molecular weight excluding hydrogens is 285 g/mol. The molecular formula is C19H34BNO2. The molecule has 3 aliphatic rings. The van der Waals surface area contributed by atoms with Crippen LogP contribution in [0, 0.1) is 22.7 Å². The highest BCUT2D eigenvalue weighted by atomic mass is 16.6. The van der Waals surface area contributed by atoms with Crippen molar-refractivity contribution in [1.29, 1.82) is 0 Å². The van der Waals surface area contributed by atoms with Crippen LogP contribution in [0.1, 0.15) is 61.3 Å². The molecule has 3 rings (SSSR count). The summed E-state index contributed by atoms with van der Waals surface area (Å²) in [6.07, 6.45) is 4.33. The molecule has 0 aromatic carbocycles. The van der Waals surface area contributed by atoms with Crippen LogP contribution in [0.25, 0.3) is 0 Å². The second-order valence-corrected chi connectivity index (χ2v) is 9.47. The number of rotatable bonds is 0. The molecule has 2 fully saturated rings. The van der Waals surface area contributed by atoms with Crippen molar-refractivity contribution in [3.63, 3.8) is 0 Å². The lowest BCUT2D eigenvalue weighted by Crippen LogP contribution is -2.43. The summed E-state index contributed by atoms with van der Waals surface area (Å²) < 4.78 is 5.27. The Kier molecular flexibility index (Phi) is 4.69. The van der Waals surface area contributed by atoms with E-state index in [-0.39, 0.29) is 6.09 Å². The van der Waals surface area contributed by atoms with Gasteiger partial charge in [-0.05, 0) is 56.3 Å². The van der Waals surface area contributed by atoms with Gasteiger partial charge in [0.15, 0.2) is 0 Å². The fraction of sp³-hybridized carbons (Fsp3) is 0.842. The Morgan fingerprint density at radius 1 is 1.35 bits per heavy atom. The zero-order chi connectivity index (χ0) is 17.6. The van der Waals surface area contributed by atoms with E-state index >= 15 is 0 Å². The molecule has 2 aliphatic carbocycles. The Labute approximate surface area is 143 Å². The zero-order valence-electron chi connectivity index (χ0n) is 16.3. The van der Waals surface area contributed by atoms with Crippen LogP contribution in [-0.2, 0) is 4.74 Å². The summed E-state index contributed by atoms with van der Waals surface area (Å²) in [5.41, 5.74) is 2.36. The molecule has 1 amide bonds. The van der Waals surface area contributed by atoms with E-state index in [4.69, 9.17) is 4.74 Å². The third-order valence-electron chi connectivity index (χ3n) is 6.60. The van der Waals surface area contributed by atoms with Gasteiger partial charge in [0.05, 0.1) is 0 Å².